The standard InChI is InChI=1S/C12H19ClN.C8H8Cl2.C4H11N.ClH/c1-4-14(2,3)10-12-7-5-11(9-13)6-8-12;9-5-7-1-2-8(6-10)4-3-7;1-4-5(2)3;/h5-8H,4,9-10H2,1-3H3;1-4H,5-6H2;4H2,1-3H3;1H/q+1;;;/p-1. The maximum absolute atomic E-state index is 5.74. The maximum atomic E-state index is 5.74. The van der Waals surface area contributed by atoms with E-state index >= 15 is 0 Å². The van der Waals surface area contributed by atoms with Gasteiger partial charge in [0.1, 0.15) is 6.54 Å². The van der Waals surface area contributed by atoms with Crippen molar-refractivity contribution in [2.45, 2.75) is 38.0 Å². The van der Waals surface area contributed by atoms with Crippen LogP contribution in [0.5, 0.6) is 0 Å². The number of hydrogen-bond donors (Lipinski definition) is 0. The van der Waals surface area contributed by atoms with Gasteiger partial charge in [-0.25, -0.2) is 0 Å². The van der Waals surface area contributed by atoms with Crippen molar-refractivity contribution in [3.8, 4) is 0 Å². The van der Waals surface area contributed by atoms with Crippen LogP contribution >= 0.6 is 34.8 Å². The number of alkyl halides is 3. The molecule has 0 radical (unpaired) electrons. The van der Waals surface area contributed by atoms with Crippen molar-refractivity contribution in [1.82, 2.24) is 4.90 Å². The van der Waals surface area contributed by atoms with Crippen LogP contribution in [-0.2, 0) is 24.2 Å². The van der Waals surface area contributed by atoms with Crippen molar-refractivity contribution in [3.05, 3.63) is 70.8 Å². The zero-order valence-corrected chi connectivity index (χ0v) is 22.3. The number of halogens is 4. The van der Waals surface area contributed by atoms with Gasteiger partial charge in [0, 0.05) is 23.2 Å². The molecule has 0 aliphatic carbocycles. The fourth-order valence-corrected chi connectivity index (χ4v) is 2.59. The van der Waals surface area contributed by atoms with Crippen LogP contribution in [0.1, 0.15) is 36.1 Å². The lowest BCUT2D eigenvalue weighted by Gasteiger charge is -2.28. The van der Waals surface area contributed by atoms with Crippen molar-refractivity contribution >= 4 is 34.8 Å². The first-order valence-corrected chi connectivity index (χ1v) is 11.6. The summed E-state index contributed by atoms with van der Waals surface area (Å²) in [6.07, 6.45) is 0. The second kappa shape index (κ2) is 18.1. The number of quaternary nitrogens is 1. The monoisotopic (exact) mass is 494 g/mol. The van der Waals surface area contributed by atoms with Crippen LogP contribution in [-0.4, -0.2) is 50.7 Å². The van der Waals surface area contributed by atoms with Crippen LogP contribution in [0.4, 0.5) is 0 Å². The summed E-state index contributed by atoms with van der Waals surface area (Å²) in [7, 11) is 8.60. The Kier molecular flexibility index (Phi) is 19.2. The summed E-state index contributed by atoms with van der Waals surface area (Å²) in [6, 6.07) is 16.5. The summed E-state index contributed by atoms with van der Waals surface area (Å²) in [4.78, 5) is 2.12. The normalized spacial score (nSPS) is 10.3. The van der Waals surface area contributed by atoms with Crippen LogP contribution in [0.3, 0.4) is 0 Å². The molecule has 0 aromatic heterocycles. The Morgan fingerprint density at radius 3 is 1.13 bits per heavy atom. The van der Waals surface area contributed by atoms with Gasteiger partial charge in [0.2, 0.25) is 0 Å². The number of benzene rings is 2. The topological polar surface area (TPSA) is 3.24 Å². The van der Waals surface area contributed by atoms with E-state index in [0.717, 1.165) is 35.2 Å². The smallest absolute Gasteiger partial charge is 0.104 e. The molecular formula is C24H38Cl4N2. The molecule has 0 unspecified atom stereocenters. The third-order valence-corrected chi connectivity index (χ3v) is 5.53. The largest absolute Gasteiger partial charge is 1.00 e. The zero-order valence-electron chi connectivity index (χ0n) is 19.3. The zero-order chi connectivity index (χ0) is 22.3. The van der Waals surface area contributed by atoms with E-state index in [2.05, 4.69) is 71.2 Å². The minimum Gasteiger partial charge on any atom is -1.00 e. The first-order chi connectivity index (χ1) is 13.7. The van der Waals surface area contributed by atoms with Gasteiger partial charge in [0.15, 0.2) is 0 Å². The van der Waals surface area contributed by atoms with E-state index in [1.807, 2.05) is 24.3 Å². The van der Waals surface area contributed by atoms with Crippen LogP contribution in [0, 0.1) is 0 Å². The van der Waals surface area contributed by atoms with Crippen molar-refractivity contribution in [3.63, 3.8) is 0 Å². The molecule has 0 saturated carbocycles. The molecular weight excluding hydrogens is 458 g/mol. The second-order valence-corrected chi connectivity index (χ2v) is 8.64. The van der Waals surface area contributed by atoms with Crippen LogP contribution in [0.25, 0.3) is 0 Å². The van der Waals surface area contributed by atoms with Crippen LogP contribution in [0.2, 0.25) is 0 Å². The maximum Gasteiger partial charge on any atom is 0.104 e. The van der Waals surface area contributed by atoms with Gasteiger partial charge >= 0.3 is 0 Å². The van der Waals surface area contributed by atoms with E-state index in [0.29, 0.717) is 17.6 Å². The van der Waals surface area contributed by atoms with Gasteiger partial charge in [-0.3, -0.25) is 0 Å². The minimum absolute atomic E-state index is 0. The molecule has 0 N–H and O–H groups in total. The lowest BCUT2D eigenvalue weighted by molar-refractivity contribution is -0.901. The summed E-state index contributed by atoms with van der Waals surface area (Å²) in [5.41, 5.74) is 4.84. The summed E-state index contributed by atoms with van der Waals surface area (Å²) in [5, 5.41) is 0. The van der Waals surface area contributed by atoms with Crippen LogP contribution < -0.4 is 12.4 Å². The van der Waals surface area contributed by atoms with Gasteiger partial charge in [-0.05, 0) is 44.3 Å². The van der Waals surface area contributed by atoms with Gasteiger partial charge in [0.05, 0.1) is 20.6 Å². The molecule has 0 heterocycles. The first kappa shape index (κ1) is 31.7. The van der Waals surface area contributed by atoms with E-state index in [1.54, 1.807) is 0 Å². The highest BCUT2D eigenvalue weighted by Crippen LogP contribution is 2.11. The molecule has 0 spiro atoms. The molecule has 0 aliphatic heterocycles. The summed E-state index contributed by atoms with van der Waals surface area (Å²) >= 11 is 16.9. The highest BCUT2D eigenvalue weighted by Gasteiger charge is 2.12. The van der Waals surface area contributed by atoms with Gasteiger partial charge in [0.25, 0.3) is 0 Å². The molecule has 6 heteroatoms. The Hall–Kier alpha value is -0.480. The third kappa shape index (κ3) is 15.3. The average molecular weight is 496 g/mol. The fourth-order valence-electron chi connectivity index (χ4n) is 2.06. The summed E-state index contributed by atoms with van der Waals surface area (Å²) in [5.74, 6) is 1.75. The van der Waals surface area contributed by atoms with Crippen molar-refractivity contribution in [1.29, 1.82) is 0 Å². The molecule has 2 aromatic carbocycles. The van der Waals surface area contributed by atoms with Crippen molar-refractivity contribution in [2.75, 3.05) is 41.3 Å². The molecule has 0 saturated heterocycles. The highest BCUT2D eigenvalue weighted by atomic mass is 35.5. The third-order valence-electron chi connectivity index (χ3n) is 4.61. The van der Waals surface area contributed by atoms with E-state index < -0.39 is 0 Å². The van der Waals surface area contributed by atoms with E-state index in [9.17, 15) is 0 Å². The van der Waals surface area contributed by atoms with E-state index in [1.165, 1.54) is 11.1 Å². The molecule has 30 heavy (non-hydrogen) atoms. The minimum atomic E-state index is 0. The van der Waals surface area contributed by atoms with Crippen molar-refractivity contribution in [2.24, 2.45) is 0 Å². The predicted molar refractivity (Wildman–Crippen MR) is 132 cm³/mol. The van der Waals surface area contributed by atoms with Gasteiger partial charge in [-0.15, -0.1) is 34.8 Å². The molecule has 0 fully saturated rings. The summed E-state index contributed by atoms with van der Waals surface area (Å²) < 4.78 is 1.03. The molecule has 0 aliphatic rings. The Balaban J connectivity index is 0. The van der Waals surface area contributed by atoms with Gasteiger partial charge in [-0.2, -0.15) is 0 Å². The van der Waals surface area contributed by atoms with E-state index in [4.69, 9.17) is 34.8 Å². The molecule has 172 valence electrons. The number of rotatable bonds is 7. The lowest BCUT2D eigenvalue weighted by atomic mass is 10.1. The van der Waals surface area contributed by atoms with Gasteiger partial charge in [-0.1, -0.05) is 55.5 Å². The molecule has 2 rings (SSSR count). The Bertz CT molecular complexity index is 618. The quantitative estimate of drug-likeness (QED) is 0.417. The SMILES string of the molecule is CCN(C)C.CC[N+](C)(C)Cc1ccc(CCl)cc1.ClCc1ccc(CCl)cc1.[Cl-]. The molecule has 2 aromatic rings. The summed E-state index contributed by atoms with van der Waals surface area (Å²) in [6.45, 7) is 7.71. The molecule has 0 atom stereocenters. The Labute approximate surface area is 206 Å². The molecule has 0 amide bonds. The fraction of sp³-hybridized carbons (Fsp3) is 0.500. The predicted octanol–water partition coefficient (Wildman–Crippen LogP) is 3.76. The molecule has 2 nitrogen and oxygen atoms in total. The molecule has 0 bridgehead atoms. The van der Waals surface area contributed by atoms with Crippen LogP contribution in [0.15, 0.2) is 48.5 Å². The lowest BCUT2D eigenvalue weighted by Crippen LogP contribution is -3.00. The van der Waals surface area contributed by atoms with Crippen molar-refractivity contribution < 1.29 is 16.9 Å². The number of nitrogens with zero attached hydrogens (tertiary/aromatic N) is 2. The Morgan fingerprint density at radius 1 is 0.667 bits per heavy atom. The highest BCUT2D eigenvalue weighted by molar-refractivity contribution is 6.17. The Morgan fingerprint density at radius 2 is 0.933 bits per heavy atom. The number of hydrogen-bond acceptors (Lipinski definition) is 1. The van der Waals surface area contributed by atoms with E-state index in [-0.39, 0.29) is 12.4 Å². The van der Waals surface area contributed by atoms with Gasteiger partial charge < -0.3 is 21.8 Å². The average Bonchev–Trinajstić information content (AvgIpc) is 2.75. The second-order valence-electron chi connectivity index (χ2n) is 7.84. The first-order valence-electron chi connectivity index (χ1n) is 10.0.